The summed E-state index contributed by atoms with van der Waals surface area (Å²) in [7, 11) is 0. The van der Waals surface area contributed by atoms with Crippen LogP contribution in [0.3, 0.4) is 0 Å². The third kappa shape index (κ3) is 2.66. The molecule has 0 bridgehead atoms. The zero-order chi connectivity index (χ0) is 10.9. The molecule has 0 amide bonds. The number of halogens is 1. The Morgan fingerprint density at radius 1 is 1.60 bits per heavy atom. The monoisotopic (exact) mass is 235 g/mol. The number of carboxylic acids is 1. The van der Waals surface area contributed by atoms with Gasteiger partial charge in [-0.1, -0.05) is 5.16 Å². The molecule has 0 saturated carbocycles. The predicted molar refractivity (Wildman–Crippen MR) is 54.8 cm³/mol. The molecule has 15 heavy (non-hydrogen) atoms. The van der Waals surface area contributed by atoms with Crippen LogP contribution < -0.4 is 5.73 Å². The minimum absolute atomic E-state index is 0. The van der Waals surface area contributed by atoms with Crippen molar-refractivity contribution in [3.05, 3.63) is 11.7 Å². The van der Waals surface area contributed by atoms with Gasteiger partial charge in [0.05, 0.1) is 6.04 Å². The smallest absolute Gasteiger partial charge is 0.316 e. The van der Waals surface area contributed by atoms with Crippen LogP contribution in [0.1, 0.15) is 38.5 Å². The van der Waals surface area contributed by atoms with E-state index in [1.54, 1.807) is 6.92 Å². The van der Waals surface area contributed by atoms with Crippen molar-refractivity contribution >= 4 is 18.4 Å². The van der Waals surface area contributed by atoms with Gasteiger partial charge in [-0.25, -0.2) is 0 Å². The van der Waals surface area contributed by atoms with Crippen molar-refractivity contribution in [1.29, 1.82) is 0 Å². The van der Waals surface area contributed by atoms with Crippen LogP contribution in [0.4, 0.5) is 0 Å². The molecule has 0 aliphatic rings. The van der Waals surface area contributed by atoms with Gasteiger partial charge < -0.3 is 15.4 Å². The molecule has 0 aliphatic carbocycles. The van der Waals surface area contributed by atoms with E-state index in [2.05, 4.69) is 10.1 Å². The van der Waals surface area contributed by atoms with Gasteiger partial charge in [0.2, 0.25) is 5.89 Å². The number of nitrogens with two attached hydrogens (primary N) is 1. The highest BCUT2D eigenvalue weighted by molar-refractivity contribution is 5.85. The van der Waals surface area contributed by atoms with Crippen molar-refractivity contribution in [2.24, 2.45) is 5.73 Å². The normalized spacial score (nSPS) is 13.1. The molecule has 1 aromatic rings. The quantitative estimate of drug-likeness (QED) is 0.806. The number of carbonyl (C=O) groups is 1. The number of nitrogens with zero attached hydrogens (tertiary/aromatic N) is 2. The maximum atomic E-state index is 10.8. The van der Waals surface area contributed by atoms with E-state index in [4.69, 9.17) is 15.4 Å². The molecule has 0 saturated heterocycles. The van der Waals surface area contributed by atoms with Crippen LogP contribution in [-0.2, 0) is 10.2 Å². The van der Waals surface area contributed by atoms with Gasteiger partial charge in [0, 0.05) is 0 Å². The van der Waals surface area contributed by atoms with Gasteiger partial charge in [-0.05, 0) is 20.8 Å². The van der Waals surface area contributed by atoms with Gasteiger partial charge in [0.15, 0.2) is 5.82 Å². The number of aliphatic carboxylic acids is 1. The van der Waals surface area contributed by atoms with E-state index >= 15 is 0 Å². The number of rotatable bonds is 3. The first kappa shape index (κ1) is 13.9. The molecule has 86 valence electrons. The lowest BCUT2D eigenvalue weighted by Crippen LogP contribution is -2.30. The van der Waals surface area contributed by atoms with E-state index in [1.807, 2.05) is 0 Å². The summed E-state index contributed by atoms with van der Waals surface area (Å²) in [5, 5.41) is 12.5. The van der Waals surface area contributed by atoms with E-state index < -0.39 is 11.4 Å². The molecule has 0 fully saturated rings. The zero-order valence-corrected chi connectivity index (χ0v) is 9.54. The summed E-state index contributed by atoms with van der Waals surface area (Å²) in [4.78, 5) is 14.8. The van der Waals surface area contributed by atoms with Crippen LogP contribution in [0, 0.1) is 0 Å². The van der Waals surface area contributed by atoms with Gasteiger partial charge in [0.1, 0.15) is 5.41 Å². The molecular formula is C8H14ClN3O3. The van der Waals surface area contributed by atoms with Crippen molar-refractivity contribution in [2.45, 2.75) is 32.2 Å². The van der Waals surface area contributed by atoms with Crippen LogP contribution in [0.25, 0.3) is 0 Å². The van der Waals surface area contributed by atoms with Crippen LogP contribution in [0.15, 0.2) is 4.52 Å². The maximum absolute atomic E-state index is 10.8. The summed E-state index contributed by atoms with van der Waals surface area (Å²) in [6, 6.07) is -0.388. The largest absolute Gasteiger partial charge is 0.481 e. The molecule has 6 nitrogen and oxygen atoms in total. The molecule has 7 heteroatoms. The second-order valence-electron chi connectivity index (χ2n) is 3.68. The van der Waals surface area contributed by atoms with E-state index in [0.717, 1.165) is 0 Å². The van der Waals surface area contributed by atoms with Gasteiger partial charge in [0.25, 0.3) is 0 Å². The van der Waals surface area contributed by atoms with Crippen molar-refractivity contribution in [3.8, 4) is 0 Å². The highest BCUT2D eigenvalue weighted by atomic mass is 35.5. The van der Waals surface area contributed by atoms with E-state index in [9.17, 15) is 4.79 Å². The minimum Gasteiger partial charge on any atom is -0.481 e. The third-order valence-electron chi connectivity index (χ3n) is 1.92. The fraction of sp³-hybridized carbons (Fsp3) is 0.625. The fourth-order valence-corrected chi connectivity index (χ4v) is 0.770. The van der Waals surface area contributed by atoms with Gasteiger partial charge in [-0.2, -0.15) is 4.98 Å². The van der Waals surface area contributed by atoms with E-state index in [0.29, 0.717) is 0 Å². The number of aromatic nitrogens is 2. The Morgan fingerprint density at radius 2 is 2.13 bits per heavy atom. The van der Waals surface area contributed by atoms with Crippen molar-refractivity contribution in [3.63, 3.8) is 0 Å². The maximum Gasteiger partial charge on any atom is 0.316 e. The van der Waals surface area contributed by atoms with Gasteiger partial charge in [-0.3, -0.25) is 4.79 Å². The highest BCUT2D eigenvalue weighted by Crippen LogP contribution is 2.21. The Hall–Kier alpha value is -1.14. The summed E-state index contributed by atoms with van der Waals surface area (Å²) < 4.78 is 4.81. The van der Waals surface area contributed by atoms with Crippen LogP contribution >= 0.6 is 12.4 Å². The van der Waals surface area contributed by atoms with E-state index in [-0.39, 0.29) is 30.2 Å². The number of carboxylic acid groups (broad SMARTS) is 1. The second-order valence-corrected chi connectivity index (χ2v) is 3.68. The first-order valence-corrected chi connectivity index (χ1v) is 4.18. The van der Waals surface area contributed by atoms with Crippen molar-refractivity contribution in [2.75, 3.05) is 0 Å². The lowest BCUT2D eigenvalue weighted by atomic mass is 9.93. The molecule has 0 radical (unpaired) electrons. The van der Waals surface area contributed by atoms with Gasteiger partial charge >= 0.3 is 5.97 Å². The average molecular weight is 236 g/mol. The minimum atomic E-state index is -1.16. The fourth-order valence-electron chi connectivity index (χ4n) is 0.770. The summed E-state index contributed by atoms with van der Waals surface area (Å²) in [6.07, 6.45) is 0. The van der Waals surface area contributed by atoms with Crippen LogP contribution in [0.2, 0.25) is 0 Å². The molecule has 0 spiro atoms. The first-order valence-electron chi connectivity index (χ1n) is 4.18. The number of hydrogen-bond acceptors (Lipinski definition) is 5. The Balaban J connectivity index is 0.00000196. The topological polar surface area (TPSA) is 102 Å². The summed E-state index contributed by atoms with van der Waals surface area (Å²) in [5.41, 5.74) is 4.35. The molecule has 0 aliphatic heterocycles. The summed E-state index contributed by atoms with van der Waals surface area (Å²) in [5.74, 6) is -0.624. The lowest BCUT2D eigenvalue weighted by molar-refractivity contribution is -0.142. The molecule has 0 unspecified atom stereocenters. The molecule has 1 aromatic heterocycles. The van der Waals surface area contributed by atoms with Crippen LogP contribution in [-0.4, -0.2) is 21.2 Å². The molecule has 1 atom stereocenters. The van der Waals surface area contributed by atoms with E-state index in [1.165, 1.54) is 13.8 Å². The third-order valence-corrected chi connectivity index (χ3v) is 1.92. The molecule has 3 N–H and O–H groups in total. The Bertz CT molecular complexity index is 349. The molecular weight excluding hydrogens is 222 g/mol. The standard InChI is InChI=1S/C8H13N3O3.ClH/c1-4(9)5-10-6(11-14-5)8(2,3)7(12)13;/h4H,9H2,1-3H3,(H,12,13);1H/t4-;/m0./s1. The highest BCUT2D eigenvalue weighted by Gasteiger charge is 2.35. The predicted octanol–water partition coefficient (Wildman–Crippen LogP) is 0.873. The lowest BCUT2D eigenvalue weighted by Gasteiger charge is -2.12. The first-order chi connectivity index (χ1) is 6.35. The Kier molecular flexibility index (Phi) is 4.24. The van der Waals surface area contributed by atoms with Crippen LogP contribution in [0.5, 0.6) is 0 Å². The summed E-state index contributed by atoms with van der Waals surface area (Å²) >= 11 is 0. The molecule has 0 aromatic carbocycles. The zero-order valence-electron chi connectivity index (χ0n) is 8.72. The molecule has 1 heterocycles. The second kappa shape index (κ2) is 4.59. The molecule has 1 rings (SSSR count). The van der Waals surface area contributed by atoms with Crippen molar-refractivity contribution in [1.82, 2.24) is 10.1 Å². The average Bonchev–Trinajstić information content (AvgIpc) is 2.51. The van der Waals surface area contributed by atoms with Gasteiger partial charge in [-0.15, -0.1) is 12.4 Å². The summed E-state index contributed by atoms with van der Waals surface area (Å²) in [6.45, 7) is 4.70. The Labute approximate surface area is 93.3 Å². The Morgan fingerprint density at radius 3 is 2.47 bits per heavy atom. The SMILES string of the molecule is C[C@H](N)c1nc(C(C)(C)C(=O)O)no1.Cl. The number of hydrogen-bond donors (Lipinski definition) is 2. The van der Waals surface area contributed by atoms with Crippen molar-refractivity contribution < 1.29 is 14.4 Å².